The average Bonchev–Trinajstić information content (AvgIpc) is 3.66. The van der Waals surface area contributed by atoms with E-state index in [0.717, 1.165) is 49.3 Å². The zero-order chi connectivity index (χ0) is 31.7. The van der Waals surface area contributed by atoms with Gasteiger partial charge in [-0.25, -0.2) is 4.68 Å². The number of thiophene rings is 1. The molecule has 0 amide bonds. The van der Waals surface area contributed by atoms with Crippen molar-refractivity contribution >= 4 is 80.0 Å². The van der Waals surface area contributed by atoms with Crippen molar-refractivity contribution in [2.75, 3.05) is 25.0 Å². The quantitative estimate of drug-likeness (QED) is 0.173. The Morgan fingerprint density at radius 2 is 1.80 bits per heavy atom. The van der Waals surface area contributed by atoms with Gasteiger partial charge in [-0.15, -0.1) is 16.4 Å². The van der Waals surface area contributed by atoms with Crippen LogP contribution in [0.25, 0.3) is 10.9 Å². The highest BCUT2D eigenvalue weighted by Gasteiger charge is 2.27. The van der Waals surface area contributed by atoms with Crippen molar-refractivity contribution in [3.63, 3.8) is 0 Å². The highest BCUT2D eigenvalue weighted by atomic mass is 35.5. The summed E-state index contributed by atoms with van der Waals surface area (Å²) in [6, 6.07) is 15.3. The molecule has 5 aromatic rings. The Balaban J connectivity index is 1.39. The SMILES string of the molecule is CCN1CCC(n2cc([C@@H](Cc3cc(Cl)c4ncc(C#N)c(Nc5ccc(C#N)c(Cl)c5)c4c3)c3cc(Cl)sc3Cl)nn2)CC1. The Morgan fingerprint density at radius 3 is 2.47 bits per heavy atom. The number of aromatic nitrogens is 4. The number of nitriles is 2. The lowest BCUT2D eigenvalue weighted by atomic mass is 9.90. The molecule has 13 heteroatoms. The van der Waals surface area contributed by atoms with Gasteiger partial charge in [-0.2, -0.15) is 10.5 Å². The molecule has 0 radical (unpaired) electrons. The topological polar surface area (TPSA) is 106 Å². The number of fused-ring (bicyclic) bond motifs is 1. The van der Waals surface area contributed by atoms with Crippen LogP contribution in [0.2, 0.25) is 18.7 Å². The van der Waals surface area contributed by atoms with Crippen molar-refractivity contribution in [1.29, 1.82) is 10.5 Å². The minimum atomic E-state index is -0.250. The van der Waals surface area contributed by atoms with Crippen molar-refractivity contribution < 1.29 is 0 Å². The van der Waals surface area contributed by atoms with Gasteiger partial charge < -0.3 is 10.2 Å². The van der Waals surface area contributed by atoms with Crippen LogP contribution < -0.4 is 5.32 Å². The van der Waals surface area contributed by atoms with Gasteiger partial charge in [0.05, 0.1) is 52.8 Å². The Morgan fingerprint density at radius 1 is 1.02 bits per heavy atom. The molecule has 1 aliphatic heterocycles. The summed E-state index contributed by atoms with van der Waals surface area (Å²) in [6.07, 6.45) is 6.04. The second kappa shape index (κ2) is 13.5. The molecule has 3 aromatic heterocycles. The third-order valence-electron chi connectivity index (χ3n) is 8.23. The van der Waals surface area contributed by atoms with E-state index in [9.17, 15) is 10.5 Å². The maximum Gasteiger partial charge on any atom is 0.103 e. The van der Waals surface area contributed by atoms with E-state index in [0.29, 0.717) is 58.5 Å². The predicted octanol–water partition coefficient (Wildman–Crippen LogP) is 9.02. The van der Waals surface area contributed by atoms with E-state index in [2.05, 4.69) is 44.6 Å². The lowest BCUT2D eigenvalue weighted by Gasteiger charge is -2.30. The summed E-state index contributed by atoms with van der Waals surface area (Å²) in [4.78, 5) is 6.93. The Hall–Kier alpha value is -3.41. The monoisotopic (exact) mass is 694 g/mol. The first-order valence-electron chi connectivity index (χ1n) is 14.3. The van der Waals surface area contributed by atoms with Crippen LogP contribution in [0.4, 0.5) is 11.4 Å². The summed E-state index contributed by atoms with van der Waals surface area (Å²) in [6.45, 7) is 5.30. The van der Waals surface area contributed by atoms with Gasteiger partial charge in [-0.05, 0) is 73.3 Å². The van der Waals surface area contributed by atoms with E-state index < -0.39 is 0 Å². The third-order valence-corrected chi connectivity index (χ3v) is 10.3. The smallest absolute Gasteiger partial charge is 0.103 e. The van der Waals surface area contributed by atoms with E-state index in [1.54, 1.807) is 18.2 Å². The number of hydrogen-bond donors (Lipinski definition) is 1. The van der Waals surface area contributed by atoms with Gasteiger partial charge in [-0.1, -0.05) is 58.5 Å². The molecule has 2 aromatic carbocycles. The van der Waals surface area contributed by atoms with E-state index in [4.69, 9.17) is 46.4 Å². The van der Waals surface area contributed by atoms with Gasteiger partial charge in [0, 0.05) is 42.5 Å². The summed E-state index contributed by atoms with van der Waals surface area (Å²) < 4.78 is 3.17. The second-order valence-electron chi connectivity index (χ2n) is 10.9. The minimum absolute atomic E-state index is 0.250. The summed E-state index contributed by atoms with van der Waals surface area (Å²) in [5, 5.41) is 33.1. The van der Waals surface area contributed by atoms with Crippen LogP contribution in [-0.4, -0.2) is 44.5 Å². The molecule has 1 aliphatic rings. The lowest BCUT2D eigenvalue weighted by molar-refractivity contribution is 0.186. The standard InChI is InChI=1S/C32H26Cl4N8S/c1-2-43-7-5-22(6-8-43)44-17-28(41-42-44)23(24-13-29(35)45-32(24)36)9-18-10-25-30(20(15-38)16-39-31(25)27(34)11-18)40-21-4-3-19(14-37)26(33)12-21/h3-4,10-13,16-17,22-23H,2,5-9H2,1H3,(H,39,40)/t23-/m0/s1. The molecule has 228 valence electrons. The Kier molecular flexibility index (Phi) is 9.49. The molecule has 1 N–H and O–H groups in total. The molecule has 4 heterocycles. The fourth-order valence-corrected chi connectivity index (χ4v) is 7.90. The first kappa shape index (κ1) is 31.6. The largest absolute Gasteiger partial charge is 0.354 e. The number of piperidine rings is 1. The molecule has 0 bridgehead atoms. The Bertz CT molecular complexity index is 1970. The van der Waals surface area contributed by atoms with Crippen molar-refractivity contribution in [3.8, 4) is 12.1 Å². The number of nitrogens with zero attached hydrogens (tertiary/aromatic N) is 7. The van der Waals surface area contributed by atoms with Crippen molar-refractivity contribution in [1.82, 2.24) is 24.9 Å². The number of hydrogen-bond acceptors (Lipinski definition) is 8. The highest BCUT2D eigenvalue weighted by molar-refractivity contribution is 7.20. The average molecular weight is 696 g/mol. The third kappa shape index (κ3) is 6.62. The van der Waals surface area contributed by atoms with Crippen LogP contribution >= 0.6 is 57.7 Å². The molecule has 0 unspecified atom stereocenters. The maximum atomic E-state index is 9.97. The number of halogens is 4. The number of nitrogens with one attached hydrogen (secondary N) is 1. The van der Waals surface area contributed by atoms with Crippen LogP contribution in [0, 0.1) is 22.7 Å². The normalized spacial score (nSPS) is 14.7. The fourth-order valence-electron chi connectivity index (χ4n) is 5.81. The van der Waals surface area contributed by atoms with E-state index in [1.807, 2.05) is 29.1 Å². The van der Waals surface area contributed by atoms with Crippen molar-refractivity contribution in [2.45, 2.75) is 38.1 Å². The molecular formula is C32H26Cl4N8S. The van der Waals surface area contributed by atoms with E-state index >= 15 is 0 Å². The van der Waals surface area contributed by atoms with Crippen LogP contribution in [0.1, 0.15) is 59.7 Å². The zero-order valence-corrected chi connectivity index (χ0v) is 27.9. The fraction of sp³-hybridized carbons (Fsp3) is 0.281. The number of benzene rings is 2. The molecule has 1 atom stereocenters. The van der Waals surface area contributed by atoms with Gasteiger partial charge in [0.1, 0.15) is 12.1 Å². The van der Waals surface area contributed by atoms with E-state index in [1.165, 1.54) is 17.5 Å². The highest BCUT2D eigenvalue weighted by Crippen LogP contribution is 2.41. The van der Waals surface area contributed by atoms with Gasteiger partial charge in [-0.3, -0.25) is 4.98 Å². The maximum absolute atomic E-state index is 9.97. The molecular weight excluding hydrogens is 670 g/mol. The molecule has 0 aliphatic carbocycles. The molecule has 0 saturated carbocycles. The van der Waals surface area contributed by atoms with Crippen LogP contribution in [0.15, 0.2) is 48.8 Å². The van der Waals surface area contributed by atoms with Gasteiger partial charge in [0.25, 0.3) is 0 Å². The summed E-state index contributed by atoms with van der Waals surface area (Å²) in [5.74, 6) is -0.250. The first-order valence-corrected chi connectivity index (χ1v) is 16.7. The van der Waals surface area contributed by atoms with Crippen LogP contribution in [-0.2, 0) is 6.42 Å². The molecule has 45 heavy (non-hydrogen) atoms. The number of anilines is 2. The summed E-state index contributed by atoms with van der Waals surface area (Å²) >= 11 is 27.6. The van der Waals surface area contributed by atoms with Crippen LogP contribution in [0.3, 0.4) is 0 Å². The number of likely N-dealkylation sites (tertiary alicyclic amines) is 1. The van der Waals surface area contributed by atoms with Crippen molar-refractivity contribution in [2.24, 2.45) is 0 Å². The number of pyridine rings is 1. The van der Waals surface area contributed by atoms with Crippen LogP contribution in [0.5, 0.6) is 0 Å². The molecule has 1 fully saturated rings. The first-order chi connectivity index (χ1) is 21.8. The predicted molar refractivity (Wildman–Crippen MR) is 181 cm³/mol. The minimum Gasteiger partial charge on any atom is -0.354 e. The molecule has 1 saturated heterocycles. The van der Waals surface area contributed by atoms with E-state index in [-0.39, 0.29) is 12.0 Å². The lowest BCUT2D eigenvalue weighted by Crippen LogP contribution is -2.34. The second-order valence-corrected chi connectivity index (χ2v) is 14.0. The van der Waals surface area contributed by atoms with Gasteiger partial charge >= 0.3 is 0 Å². The van der Waals surface area contributed by atoms with Crippen molar-refractivity contribution in [3.05, 3.63) is 95.5 Å². The van der Waals surface area contributed by atoms with Gasteiger partial charge in [0.2, 0.25) is 0 Å². The number of rotatable bonds is 8. The summed E-state index contributed by atoms with van der Waals surface area (Å²) in [5.41, 5.74) is 4.92. The Labute approximate surface area is 284 Å². The summed E-state index contributed by atoms with van der Waals surface area (Å²) in [7, 11) is 0. The zero-order valence-electron chi connectivity index (χ0n) is 24.1. The molecule has 0 spiro atoms. The van der Waals surface area contributed by atoms with Gasteiger partial charge in [0.15, 0.2) is 0 Å². The molecule has 6 rings (SSSR count). The molecule has 8 nitrogen and oxygen atoms in total.